The summed E-state index contributed by atoms with van der Waals surface area (Å²) < 4.78 is 0. The number of nitrogens with zero attached hydrogens (tertiary/aromatic N) is 1. The third-order valence-electron chi connectivity index (χ3n) is 1.58. The molecule has 0 saturated carbocycles. The minimum absolute atomic E-state index is 0.00921. The predicted molar refractivity (Wildman–Crippen MR) is 47.5 cm³/mol. The summed E-state index contributed by atoms with van der Waals surface area (Å²) in [5.41, 5.74) is 5.38. The Kier molecular flexibility index (Phi) is 2.93. The van der Waals surface area contributed by atoms with E-state index in [1.165, 1.54) is 11.8 Å². The number of hydrogen-bond acceptors (Lipinski definition) is 3. The highest BCUT2D eigenvalue weighted by Crippen LogP contribution is 2.24. The predicted octanol–water partition coefficient (Wildman–Crippen LogP) is 1.13. The molecule has 1 heterocycles. The van der Waals surface area contributed by atoms with Gasteiger partial charge < -0.3 is 5.73 Å². The summed E-state index contributed by atoms with van der Waals surface area (Å²) in [6, 6.07) is 0. The van der Waals surface area contributed by atoms with Crippen molar-refractivity contribution in [2.45, 2.75) is 31.4 Å². The zero-order valence-electron chi connectivity index (χ0n) is 6.54. The first-order valence-corrected chi connectivity index (χ1v) is 4.66. The van der Waals surface area contributed by atoms with E-state index >= 15 is 0 Å². The molecule has 0 radical (unpaired) electrons. The van der Waals surface area contributed by atoms with E-state index in [0.29, 0.717) is 5.17 Å². The highest BCUT2D eigenvalue weighted by molar-refractivity contribution is 8.15. The molecule has 11 heavy (non-hydrogen) atoms. The van der Waals surface area contributed by atoms with Gasteiger partial charge in [-0.1, -0.05) is 31.5 Å². The number of thioether (sulfide) groups is 1. The fourth-order valence-corrected chi connectivity index (χ4v) is 1.85. The Balaban J connectivity index is 2.34. The molecule has 0 aromatic heterocycles. The number of amides is 1. The second-order valence-corrected chi connectivity index (χ2v) is 3.76. The Hall–Kier alpha value is -0.510. The van der Waals surface area contributed by atoms with Crippen molar-refractivity contribution in [1.29, 1.82) is 0 Å². The Labute approximate surface area is 70.4 Å². The maximum atomic E-state index is 11.0. The number of hydrogen-bond donors (Lipinski definition) is 1. The molecular formula is C7H12N2OS. The topological polar surface area (TPSA) is 55.4 Å². The molecule has 0 aromatic carbocycles. The molecule has 2 N–H and O–H groups in total. The fourth-order valence-electron chi connectivity index (χ4n) is 0.975. The molecule has 1 unspecified atom stereocenters. The van der Waals surface area contributed by atoms with Crippen LogP contribution in [-0.4, -0.2) is 16.3 Å². The molecule has 0 saturated heterocycles. The number of aliphatic imine (C=N–C) groups is 1. The van der Waals surface area contributed by atoms with Crippen molar-refractivity contribution in [3.8, 4) is 0 Å². The molecule has 1 aliphatic rings. The summed E-state index contributed by atoms with van der Waals surface area (Å²) in [6.07, 6.45) is 3.10. The second-order valence-electron chi connectivity index (χ2n) is 2.54. The summed E-state index contributed by atoms with van der Waals surface area (Å²) in [7, 11) is 0. The van der Waals surface area contributed by atoms with Gasteiger partial charge in [0.2, 0.25) is 0 Å². The first-order chi connectivity index (χ1) is 5.24. The molecule has 1 rings (SSSR count). The molecule has 0 spiro atoms. The number of unbranched alkanes of at least 4 members (excludes halogenated alkanes) is 1. The Bertz CT molecular complexity index is 191. The zero-order chi connectivity index (χ0) is 8.27. The van der Waals surface area contributed by atoms with Gasteiger partial charge in [-0.2, -0.15) is 4.99 Å². The maximum absolute atomic E-state index is 11.0. The molecule has 0 bridgehead atoms. The number of carbonyl (C=O) groups excluding carboxylic acids is 1. The van der Waals surface area contributed by atoms with Gasteiger partial charge in [-0.25, -0.2) is 0 Å². The van der Waals surface area contributed by atoms with Gasteiger partial charge in [-0.15, -0.1) is 0 Å². The van der Waals surface area contributed by atoms with E-state index in [4.69, 9.17) is 5.73 Å². The van der Waals surface area contributed by atoms with Gasteiger partial charge in [0, 0.05) is 0 Å². The summed E-state index contributed by atoms with van der Waals surface area (Å²) in [5.74, 6) is -0.0547. The Morgan fingerprint density at radius 1 is 1.73 bits per heavy atom. The third kappa shape index (κ3) is 2.22. The van der Waals surface area contributed by atoms with Crippen LogP contribution in [0.25, 0.3) is 0 Å². The van der Waals surface area contributed by atoms with Gasteiger partial charge in [-0.3, -0.25) is 4.79 Å². The van der Waals surface area contributed by atoms with Gasteiger partial charge in [-0.05, 0) is 6.42 Å². The summed E-state index contributed by atoms with van der Waals surface area (Å²) in [4.78, 5) is 14.6. The average Bonchev–Trinajstić information content (AvgIpc) is 2.26. The van der Waals surface area contributed by atoms with Crippen LogP contribution in [0.1, 0.15) is 26.2 Å². The molecule has 3 nitrogen and oxygen atoms in total. The molecule has 62 valence electrons. The quantitative estimate of drug-likeness (QED) is 0.694. The van der Waals surface area contributed by atoms with E-state index < -0.39 is 0 Å². The third-order valence-corrected chi connectivity index (χ3v) is 2.63. The first-order valence-electron chi connectivity index (χ1n) is 3.78. The van der Waals surface area contributed by atoms with Crippen molar-refractivity contribution in [2.24, 2.45) is 10.7 Å². The monoisotopic (exact) mass is 172 g/mol. The lowest BCUT2D eigenvalue weighted by molar-refractivity contribution is -0.117. The maximum Gasteiger partial charge on any atom is 0.261 e. The Morgan fingerprint density at radius 3 is 2.91 bits per heavy atom. The minimum atomic E-state index is -0.0547. The molecule has 0 fully saturated rings. The van der Waals surface area contributed by atoms with Crippen LogP contribution >= 0.6 is 11.8 Å². The molecule has 1 atom stereocenters. The number of carbonyl (C=O) groups is 1. The van der Waals surface area contributed by atoms with Gasteiger partial charge in [0.05, 0.1) is 5.25 Å². The normalized spacial score (nSPS) is 23.9. The summed E-state index contributed by atoms with van der Waals surface area (Å²) >= 11 is 1.39. The van der Waals surface area contributed by atoms with E-state index in [1.54, 1.807) is 0 Å². The summed E-state index contributed by atoms with van der Waals surface area (Å²) in [5, 5.41) is 0.436. The van der Waals surface area contributed by atoms with Gasteiger partial charge in [0.1, 0.15) is 0 Å². The fraction of sp³-hybridized carbons (Fsp3) is 0.714. The molecule has 1 aliphatic heterocycles. The minimum Gasteiger partial charge on any atom is -0.378 e. The zero-order valence-corrected chi connectivity index (χ0v) is 7.36. The van der Waals surface area contributed by atoms with Crippen molar-refractivity contribution in [3.05, 3.63) is 0 Å². The van der Waals surface area contributed by atoms with Crippen molar-refractivity contribution < 1.29 is 4.79 Å². The highest BCUT2D eigenvalue weighted by atomic mass is 32.2. The standard InChI is InChI=1S/C7H12N2OS/c1-2-3-4-5-6(10)9-7(8)11-5/h5H,2-4H2,1H3,(H2,8,9,10). The SMILES string of the molecule is CCCCC1SC(N)=NC1=O. The highest BCUT2D eigenvalue weighted by Gasteiger charge is 2.25. The van der Waals surface area contributed by atoms with Crippen LogP contribution in [0.4, 0.5) is 0 Å². The van der Waals surface area contributed by atoms with Crippen LogP contribution < -0.4 is 5.73 Å². The van der Waals surface area contributed by atoms with Gasteiger partial charge in [0.15, 0.2) is 5.17 Å². The van der Waals surface area contributed by atoms with Crippen molar-refractivity contribution >= 4 is 22.8 Å². The number of nitrogens with two attached hydrogens (primary N) is 1. The number of amidine groups is 1. The Morgan fingerprint density at radius 2 is 2.45 bits per heavy atom. The summed E-state index contributed by atoms with van der Waals surface area (Å²) in [6.45, 7) is 2.11. The lowest BCUT2D eigenvalue weighted by atomic mass is 10.2. The van der Waals surface area contributed by atoms with E-state index in [2.05, 4.69) is 11.9 Å². The van der Waals surface area contributed by atoms with Crippen LogP contribution in [0.2, 0.25) is 0 Å². The average molecular weight is 172 g/mol. The first kappa shape index (κ1) is 8.59. The van der Waals surface area contributed by atoms with Crippen molar-refractivity contribution in [1.82, 2.24) is 0 Å². The number of rotatable bonds is 3. The van der Waals surface area contributed by atoms with Gasteiger partial charge >= 0.3 is 0 Å². The van der Waals surface area contributed by atoms with Crippen molar-refractivity contribution in [2.75, 3.05) is 0 Å². The van der Waals surface area contributed by atoms with Crippen LogP contribution in [0, 0.1) is 0 Å². The van der Waals surface area contributed by atoms with Crippen LogP contribution in [0.15, 0.2) is 4.99 Å². The molecule has 0 aromatic rings. The smallest absolute Gasteiger partial charge is 0.261 e. The molecule has 0 aliphatic carbocycles. The lowest BCUT2D eigenvalue weighted by Crippen LogP contribution is -2.10. The van der Waals surface area contributed by atoms with Crippen molar-refractivity contribution in [3.63, 3.8) is 0 Å². The van der Waals surface area contributed by atoms with Crippen LogP contribution in [-0.2, 0) is 4.79 Å². The van der Waals surface area contributed by atoms with Crippen LogP contribution in [0.3, 0.4) is 0 Å². The van der Waals surface area contributed by atoms with Crippen LogP contribution in [0.5, 0.6) is 0 Å². The molecular weight excluding hydrogens is 160 g/mol. The molecule has 1 amide bonds. The largest absolute Gasteiger partial charge is 0.378 e. The van der Waals surface area contributed by atoms with E-state index in [1.807, 2.05) is 0 Å². The van der Waals surface area contributed by atoms with E-state index in [9.17, 15) is 4.79 Å². The molecule has 4 heteroatoms. The lowest BCUT2D eigenvalue weighted by Gasteiger charge is -2.02. The van der Waals surface area contributed by atoms with Gasteiger partial charge in [0.25, 0.3) is 5.91 Å². The van der Waals surface area contributed by atoms with E-state index in [-0.39, 0.29) is 11.2 Å². The second kappa shape index (κ2) is 3.76. The van der Waals surface area contributed by atoms with E-state index in [0.717, 1.165) is 19.3 Å².